The molecule has 2 aromatic carbocycles. The molecule has 1 amide bonds. The Kier molecular flexibility index (Phi) is 3.23. The SMILES string of the molecule is O=C(N[C@@H]1CCc2ccccc21)c1cc2ccccc2c(=O)[nH]1. The van der Waals surface area contributed by atoms with Crippen molar-refractivity contribution in [3.63, 3.8) is 0 Å². The number of aromatic amines is 1. The first-order chi connectivity index (χ1) is 11.2. The number of pyridine rings is 1. The van der Waals surface area contributed by atoms with Gasteiger partial charge in [0, 0.05) is 5.39 Å². The summed E-state index contributed by atoms with van der Waals surface area (Å²) < 4.78 is 0. The summed E-state index contributed by atoms with van der Waals surface area (Å²) in [5.74, 6) is -0.241. The molecule has 0 radical (unpaired) electrons. The fourth-order valence-electron chi connectivity index (χ4n) is 3.28. The minimum atomic E-state index is -0.241. The fourth-order valence-corrected chi connectivity index (χ4v) is 3.28. The Balaban J connectivity index is 1.64. The molecule has 0 fully saturated rings. The van der Waals surface area contributed by atoms with Gasteiger partial charge in [0.15, 0.2) is 0 Å². The van der Waals surface area contributed by atoms with Gasteiger partial charge in [-0.05, 0) is 41.5 Å². The summed E-state index contributed by atoms with van der Waals surface area (Å²) in [4.78, 5) is 27.3. The molecular formula is C19H16N2O2. The first-order valence-electron chi connectivity index (χ1n) is 7.73. The molecule has 1 aliphatic rings. The molecule has 0 bridgehead atoms. The molecule has 0 saturated heterocycles. The molecule has 3 aromatic rings. The summed E-state index contributed by atoms with van der Waals surface area (Å²) in [6.45, 7) is 0. The van der Waals surface area contributed by atoms with Gasteiger partial charge in [-0.3, -0.25) is 9.59 Å². The number of H-pyrrole nitrogens is 1. The van der Waals surface area contributed by atoms with Crippen molar-refractivity contribution in [2.45, 2.75) is 18.9 Å². The average molecular weight is 304 g/mol. The Morgan fingerprint density at radius 2 is 1.87 bits per heavy atom. The molecule has 0 unspecified atom stereocenters. The van der Waals surface area contributed by atoms with E-state index in [2.05, 4.69) is 22.4 Å². The second-order valence-electron chi connectivity index (χ2n) is 5.86. The highest BCUT2D eigenvalue weighted by atomic mass is 16.2. The van der Waals surface area contributed by atoms with Gasteiger partial charge in [-0.2, -0.15) is 0 Å². The van der Waals surface area contributed by atoms with Crippen molar-refractivity contribution < 1.29 is 4.79 Å². The van der Waals surface area contributed by atoms with Gasteiger partial charge in [0.1, 0.15) is 5.69 Å². The number of aromatic nitrogens is 1. The van der Waals surface area contributed by atoms with Crippen LogP contribution in [0, 0.1) is 0 Å². The first-order valence-corrected chi connectivity index (χ1v) is 7.73. The predicted octanol–water partition coefficient (Wildman–Crippen LogP) is 2.95. The Bertz CT molecular complexity index is 959. The molecule has 1 aliphatic carbocycles. The minimum absolute atomic E-state index is 0.00803. The number of rotatable bonds is 2. The maximum Gasteiger partial charge on any atom is 0.268 e. The number of hydrogen-bond acceptors (Lipinski definition) is 2. The van der Waals surface area contributed by atoms with Crippen LogP contribution in [0.3, 0.4) is 0 Å². The normalized spacial score (nSPS) is 16.3. The summed E-state index contributed by atoms with van der Waals surface area (Å²) in [5.41, 5.74) is 2.52. The largest absolute Gasteiger partial charge is 0.344 e. The van der Waals surface area contributed by atoms with Crippen molar-refractivity contribution >= 4 is 16.7 Å². The number of hydrogen-bond donors (Lipinski definition) is 2. The van der Waals surface area contributed by atoms with Crippen LogP contribution in [0.15, 0.2) is 59.4 Å². The third kappa shape index (κ3) is 2.42. The van der Waals surface area contributed by atoms with Gasteiger partial charge in [-0.25, -0.2) is 0 Å². The first kappa shape index (κ1) is 13.8. The average Bonchev–Trinajstić information content (AvgIpc) is 2.98. The lowest BCUT2D eigenvalue weighted by molar-refractivity contribution is 0.0931. The van der Waals surface area contributed by atoms with Crippen LogP contribution in [-0.2, 0) is 6.42 Å². The van der Waals surface area contributed by atoms with Gasteiger partial charge in [0.25, 0.3) is 11.5 Å². The number of benzene rings is 2. The molecule has 4 nitrogen and oxygen atoms in total. The molecule has 2 N–H and O–H groups in total. The predicted molar refractivity (Wildman–Crippen MR) is 89.5 cm³/mol. The van der Waals surface area contributed by atoms with Crippen molar-refractivity contribution in [1.82, 2.24) is 10.3 Å². The van der Waals surface area contributed by atoms with Crippen molar-refractivity contribution in [3.05, 3.63) is 81.8 Å². The molecule has 0 aliphatic heterocycles. The van der Waals surface area contributed by atoms with Gasteiger partial charge < -0.3 is 10.3 Å². The van der Waals surface area contributed by atoms with Gasteiger partial charge in [-0.1, -0.05) is 42.5 Å². The highest BCUT2D eigenvalue weighted by Gasteiger charge is 2.24. The molecule has 23 heavy (non-hydrogen) atoms. The van der Waals surface area contributed by atoms with E-state index in [-0.39, 0.29) is 17.5 Å². The Morgan fingerprint density at radius 3 is 2.78 bits per heavy atom. The zero-order valence-corrected chi connectivity index (χ0v) is 12.5. The van der Waals surface area contributed by atoms with Gasteiger partial charge in [-0.15, -0.1) is 0 Å². The zero-order chi connectivity index (χ0) is 15.8. The van der Waals surface area contributed by atoms with E-state index < -0.39 is 0 Å². The molecule has 114 valence electrons. The Hall–Kier alpha value is -2.88. The second-order valence-corrected chi connectivity index (χ2v) is 5.86. The van der Waals surface area contributed by atoms with E-state index in [1.54, 1.807) is 12.1 Å². The molecule has 4 heteroatoms. The van der Waals surface area contributed by atoms with Gasteiger partial charge in [0.2, 0.25) is 0 Å². The minimum Gasteiger partial charge on any atom is -0.344 e. The van der Waals surface area contributed by atoms with Crippen LogP contribution in [0.2, 0.25) is 0 Å². The monoisotopic (exact) mass is 304 g/mol. The van der Waals surface area contributed by atoms with Crippen LogP contribution >= 0.6 is 0 Å². The number of amides is 1. The molecule has 0 saturated carbocycles. The molecule has 4 rings (SSSR count). The van der Waals surface area contributed by atoms with Crippen molar-refractivity contribution in [2.75, 3.05) is 0 Å². The van der Waals surface area contributed by atoms with Crippen LogP contribution < -0.4 is 10.9 Å². The zero-order valence-electron chi connectivity index (χ0n) is 12.5. The van der Waals surface area contributed by atoms with Crippen LogP contribution in [0.1, 0.15) is 34.1 Å². The third-order valence-corrected chi connectivity index (χ3v) is 4.44. The maximum atomic E-state index is 12.5. The van der Waals surface area contributed by atoms with Crippen molar-refractivity contribution in [1.29, 1.82) is 0 Å². The number of nitrogens with one attached hydrogen (secondary N) is 2. The lowest BCUT2D eigenvalue weighted by Gasteiger charge is -2.14. The Morgan fingerprint density at radius 1 is 1.09 bits per heavy atom. The highest BCUT2D eigenvalue weighted by Crippen LogP contribution is 2.30. The van der Waals surface area contributed by atoms with E-state index in [0.29, 0.717) is 11.1 Å². The number of carbonyl (C=O) groups is 1. The van der Waals surface area contributed by atoms with E-state index in [1.165, 1.54) is 11.1 Å². The number of fused-ring (bicyclic) bond motifs is 2. The van der Waals surface area contributed by atoms with Crippen molar-refractivity contribution in [3.8, 4) is 0 Å². The molecular weight excluding hydrogens is 288 g/mol. The molecule has 1 aromatic heterocycles. The Labute approximate surface area is 133 Å². The quantitative estimate of drug-likeness (QED) is 0.764. The van der Waals surface area contributed by atoms with Gasteiger partial charge >= 0.3 is 0 Å². The molecule has 1 heterocycles. The van der Waals surface area contributed by atoms with E-state index in [0.717, 1.165) is 18.2 Å². The van der Waals surface area contributed by atoms with E-state index in [9.17, 15) is 9.59 Å². The number of aryl methyl sites for hydroxylation is 1. The molecule has 1 atom stereocenters. The highest BCUT2D eigenvalue weighted by molar-refractivity contribution is 5.96. The second kappa shape index (κ2) is 5.39. The van der Waals surface area contributed by atoms with Crippen LogP contribution in [0.25, 0.3) is 10.8 Å². The standard InChI is InChI=1S/C19H16N2O2/c22-18-15-8-4-2-6-13(15)11-17(21-18)19(23)20-16-10-9-12-5-1-3-7-14(12)16/h1-8,11,16H,9-10H2,(H,20,23)(H,21,22)/t16-/m1/s1. The van der Waals surface area contributed by atoms with Crippen LogP contribution in [0.4, 0.5) is 0 Å². The molecule has 0 spiro atoms. The summed E-state index contributed by atoms with van der Waals surface area (Å²) in [6.07, 6.45) is 1.86. The van der Waals surface area contributed by atoms with E-state index in [4.69, 9.17) is 0 Å². The number of carbonyl (C=O) groups excluding carboxylic acids is 1. The van der Waals surface area contributed by atoms with Crippen molar-refractivity contribution in [2.24, 2.45) is 0 Å². The fraction of sp³-hybridized carbons (Fsp3) is 0.158. The van der Waals surface area contributed by atoms with Crippen LogP contribution in [-0.4, -0.2) is 10.9 Å². The lowest BCUT2D eigenvalue weighted by Crippen LogP contribution is -2.29. The van der Waals surface area contributed by atoms with Gasteiger partial charge in [0.05, 0.1) is 6.04 Å². The summed E-state index contributed by atoms with van der Waals surface area (Å²) in [6, 6.07) is 17.2. The maximum absolute atomic E-state index is 12.5. The van der Waals surface area contributed by atoms with E-state index in [1.807, 2.05) is 30.3 Å². The third-order valence-electron chi connectivity index (χ3n) is 4.44. The summed E-state index contributed by atoms with van der Waals surface area (Å²) in [7, 11) is 0. The summed E-state index contributed by atoms with van der Waals surface area (Å²) in [5, 5.41) is 4.40. The van der Waals surface area contributed by atoms with E-state index >= 15 is 0 Å². The summed E-state index contributed by atoms with van der Waals surface area (Å²) >= 11 is 0. The lowest BCUT2D eigenvalue weighted by atomic mass is 10.1. The topological polar surface area (TPSA) is 62.0 Å². The van der Waals surface area contributed by atoms with Crippen LogP contribution in [0.5, 0.6) is 0 Å². The smallest absolute Gasteiger partial charge is 0.268 e.